The Balaban J connectivity index is 1.45. The molecule has 33 heavy (non-hydrogen) atoms. The van der Waals surface area contributed by atoms with Gasteiger partial charge < -0.3 is 5.32 Å². The molecule has 4 aromatic rings. The fourth-order valence-corrected chi connectivity index (χ4v) is 3.84. The van der Waals surface area contributed by atoms with Gasteiger partial charge in [0.2, 0.25) is 11.9 Å². The normalized spacial score (nSPS) is 11.2. The number of pyridine rings is 1. The maximum absolute atomic E-state index is 12.5. The summed E-state index contributed by atoms with van der Waals surface area (Å²) in [4.78, 5) is 42.3. The van der Waals surface area contributed by atoms with Gasteiger partial charge >= 0.3 is 0 Å². The first-order valence-corrected chi connectivity index (χ1v) is 11.1. The van der Waals surface area contributed by atoms with E-state index < -0.39 is 15.6 Å². The molecule has 1 aromatic carbocycles. The number of aromatic amines is 1. The highest BCUT2D eigenvalue weighted by Gasteiger charge is 2.14. The molecule has 3 heterocycles. The van der Waals surface area contributed by atoms with Gasteiger partial charge in [0.25, 0.3) is 15.6 Å². The first-order valence-electron chi connectivity index (χ1n) is 9.61. The third-order valence-corrected chi connectivity index (χ3v) is 5.67. The number of fused-ring (bicyclic) bond motifs is 1. The number of sulfonamides is 1. The van der Waals surface area contributed by atoms with Crippen LogP contribution in [0.15, 0.2) is 64.5 Å². The molecule has 13 heteroatoms. The van der Waals surface area contributed by atoms with Crippen molar-refractivity contribution in [2.45, 2.75) is 18.4 Å². The van der Waals surface area contributed by atoms with Crippen LogP contribution in [0.1, 0.15) is 12.6 Å². The summed E-state index contributed by atoms with van der Waals surface area (Å²) in [5.74, 6) is -0.159. The summed E-state index contributed by atoms with van der Waals surface area (Å²) in [6.07, 6.45) is 2.95. The fourth-order valence-electron chi connectivity index (χ4n) is 2.83. The van der Waals surface area contributed by atoms with Gasteiger partial charge in [0.1, 0.15) is 5.82 Å². The Morgan fingerprint density at radius 2 is 1.85 bits per heavy atom. The van der Waals surface area contributed by atoms with Crippen molar-refractivity contribution >= 4 is 44.5 Å². The summed E-state index contributed by atoms with van der Waals surface area (Å²) < 4.78 is 27.4. The van der Waals surface area contributed by atoms with E-state index in [1.165, 1.54) is 31.5 Å². The van der Waals surface area contributed by atoms with E-state index in [1.807, 2.05) is 0 Å². The SMILES string of the molecule is CC(=O)Nc1nc2ncc(CNc3ccc(S(=O)(=O)Nc4ccccn4)cc3)nc2c(=O)[nH]1. The van der Waals surface area contributed by atoms with Crippen molar-refractivity contribution in [1.82, 2.24) is 24.9 Å². The van der Waals surface area contributed by atoms with Gasteiger partial charge in [-0.3, -0.25) is 24.6 Å². The average Bonchev–Trinajstić information content (AvgIpc) is 2.78. The molecule has 0 saturated carbocycles. The minimum absolute atomic E-state index is 0.00671. The fraction of sp³-hybridized carbons (Fsp3) is 0.100. The highest BCUT2D eigenvalue weighted by Crippen LogP contribution is 2.17. The zero-order valence-electron chi connectivity index (χ0n) is 17.2. The molecule has 0 atom stereocenters. The molecule has 0 aliphatic rings. The zero-order valence-corrected chi connectivity index (χ0v) is 18.0. The molecular weight excluding hydrogens is 448 g/mol. The quantitative estimate of drug-likeness (QED) is 0.315. The Labute approximate surface area is 187 Å². The maximum atomic E-state index is 12.5. The Morgan fingerprint density at radius 1 is 1.06 bits per heavy atom. The highest BCUT2D eigenvalue weighted by atomic mass is 32.2. The Kier molecular flexibility index (Phi) is 5.95. The van der Waals surface area contributed by atoms with Gasteiger partial charge in [-0.2, -0.15) is 4.98 Å². The summed E-state index contributed by atoms with van der Waals surface area (Å²) in [7, 11) is -3.77. The molecule has 0 unspecified atom stereocenters. The first-order chi connectivity index (χ1) is 15.8. The van der Waals surface area contributed by atoms with Crippen molar-refractivity contribution in [3.05, 3.63) is 70.9 Å². The van der Waals surface area contributed by atoms with Gasteiger partial charge in [-0.25, -0.2) is 23.4 Å². The maximum Gasteiger partial charge on any atom is 0.280 e. The topological polar surface area (TPSA) is 172 Å². The molecule has 4 rings (SSSR count). The smallest absolute Gasteiger partial charge is 0.280 e. The van der Waals surface area contributed by atoms with Crippen LogP contribution in [0.5, 0.6) is 0 Å². The van der Waals surface area contributed by atoms with E-state index in [1.54, 1.807) is 30.3 Å². The molecule has 0 bridgehead atoms. The molecule has 4 N–H and O–H groups in total. The van der Waals surface area contributed by atoms with E-state index in [9.17, 15) is 18.0 Å². The van der Waals surface area contributed by atoms with E-state index >= 15 is 0 Å². The number of anilines is 3. The van der Waals surface area contributed by atoms with Crippen LogP contribution in [0.25, 0.3) is 11.2 Å². The molecular formula is C20H18N8O4S. The number of nitrogens with zero attached hydrogens (tertiary/aromatic N) is 4. The Morgan fingerprint density at radius 3 is 2.55 bits per heavy atom. The number of H-pyrrole nitrogens is 1. The number of hydrogen-bond donors (Lipinski definition) is 4. The van der Waals surface area contributed by atoms with Crippen LogP contribution < -0.4 is 20.9 Å². The lowest BCUT2D eigenvalue weighted by Crippen LogP contribution is -2.18. The lowest BCUT2D eigenvalue weighted by atomic mass is 10.3. The van der Waals surface area contributed by atoms with E-state index in [0.29, 0.717) is 11.4 Å². The van der Waals surface area contributed by atoms with Crippen LogP contribution in [-0.2, 0) is 21.4 Å². The Hall–Kier alpha value is -4.39. The van der Waals surface area contributed by atoms with E-state index in [4.69, 9.17) is 0 Å². The second kappa shape index (κ2) is 9.00. The average molecular weight is 466 g/mol. The van der Waals surface area contributed by atoms with Crippen LogP contribution in [0.4, 0.5) is 17.5 Å². The number of nitrogens with one attached hydrogen (secondary N) is 4. The van der Waals surface area contributed by atoms with Gasteiger partial charge in [-0.15, -0.1) is 0 Å². The number of carbonyl (C=O) groups is 1. The molecule has 3 aromatic heterocycles. The largest absolute Gasteiger partial charge is 0.379 e. The van der Waals surface area contributed by atoms with Gasteiger partial charge in [0.15, 0.2) is 11.2 Å². The molecule has 1 amide bonds. The van der Waals surface area contributed by atoms with Crippen molar-refractivity contribution in [3.8, 4) is 0 Å². The number of amides is 1. The molecule has 0 radical (unpaired) electrons. The van der Waals surface area contributed by atoms with Crippen molar-refractivity contribution in [3.63, 3.8) is 0 Å². The number of hydrogen-bond acceptors (Lipinski definition) is 9. The molecule has 0 aliphatic carbocycles. The van der Waals surface area contributed by atoms with Crippen molar-refractivity contribution < 1.29 is 13.2 Å². The van der Waals surface area contributed by atoms with Crippen molar-refractivity contribution in [1.29, 1.82) is 0 Å². The minimum atomic E-state index is -3.77. The van der Waals surface area contributed by atoms with Gasteiger partial charge in [0, 0.05) is 18.8 Å². The van der Waals surface area contributed by atoms with E-state index in [-0.39, 0.29) is 40.3 Å². The lowest BCUT2D eigenvalue weighted by molar-refractivity contribution is -0.114. The molecule has 168 valence electrons. The van der Waals surface area contributed by atoms with Gasteiger partial charge in [-0.05, 0) is 36.4 Å². The summed E-state index contributed by atoms with van der Waals surface area (Å²) in [5.41, 5.74) is 0.706. The predicted octanol–water partition coefficient (Wildman–Crippen LogP) is 1.48. The molecule has 0 aliphatic heterocycles. The van der Waals surface area contributed by atoms with E-state index in [0.717, 1.165) is 0 Å². The monoisotopic (exact) mass is 466 g/mol. The van der Waals surface area contributed by atoms with Crippen LogP contribution in [0.3, 0.4) is 0 Å². The molecule has 12 nitrogen and oxygen atoms in total. The first kappa shape index (κ1) is 21.8. The third-order valence-electron chi connectivity index (χ3n) is 4.30. The minimum Gasteiger partial charge on any atom is -0.379 e. The standard InChI is InChI=1S/C20H18N8O4S/c1-12(29)24-20-26-18-17(19(30)27-20)25-14(11-23-18)10-22-13-5-7-15(8-6-13)33(31,32)28-16-4-2-3-9-21-16/h2-9,11,22H,10H2,1H3,(H,21,28)(H2,23,24,26,27,29,30). The highest BCUT2D eigenvalue weighted by molar-refractivity contribution is 7.92. The van der Waals surface area contributed by atoms with Crippen molar-refractivity contribution in [2.75, 3.05) is 15.4 Å². The number of rotatable bonds is 7. The lowest BCUT2D eigenvalue weighted by Gasteiger charge is -2.09. The second-order valence-corrected chi connectivity index (χ2v) is 8.51. The zero-order chi connectivity index (χ0) is 23.4. The van der Waals surface area contributed by atoms with Gasteiger partial charge in [-0.1, -0.05) is 6.07 Å². The molecule has 0 fully saturated rings. The van der Waals surface area contributed by atoms with Crippen LogP contribution in [0, 0.1) is 0 Å². The summed E-state index contributed by atoms with van der Waals surface area (Å²) in [6.45, 7) is 1.53. The predicted molar refractivity (Wildman–Crippen MR) is 121 cm³/mol. The van der Waals surface area contributed by atoms with Crippen LogP contribution in [0.2, 0.25) is 0 Å². The van der Waals surface area contributed by atoms with Gasteiger partial charge in [0.05, 0.1) is 23.3 Å². The van der Waals surface area contributed by atoms with E-state index in [2.05, 4.69) is 40.3 Å². The third kappa shape index (κ3) is 5.27. The molecule has 0 saturated heterocycles. The number of aromatic nitrogens is 5. The number of carbonyl (C=O) groups excluding carboxylic acids is 1. The van der Waals surface area contributed by atoms with Crippen LogP contribution in [-0.4, -0.2) is 39.2 Å². The van der Waals surface area contributed by atoms with Crippen molar-refractivity contribution in [2.24, 2.45) is 0 Å². The summed E-state index contributed by atoms with van der Waals surface area (Å²) in [5, 5.41) is 5.48. The molecule has 0 spiro atoms. The summed E-state index contributed by atoms with van der Waals surface area (Å²) >= 11 is 0. The number of benzene rings is 1. The second-order valence-electron chi connectivity index (χ2n) is 6.83. The van der Waals surface area contributed by atoms with Crippen LogP contribution >= 0.6 is 0 Å². The summed E-state index contributed by atoms with van der Waals surface area (Å²) in [6, 6.07) is 11.0. The Bertz CT molecular complexity index is 1470.